The first-order valence-corrected chi connectivity index (χ1v) is 17.1. The van der Waals surface area contributed by atoms with E-state index in [0.717, 1.165) is 67.6 Å². The van der Waals surface area contributed by atoms with Crippen molar-refractivity contribution in [2.45, 2.75) is 32.4 Å². The van der Waals surface area contributed by atoms with Crippen molar-refractivity contribution in [1.29, 1.82) is 5.26 Å². The van der Waals surface area contributed by atoms with Crippen LogP contribution in [0.25, 0.3) is 21.3 Å². The molecule has 4 heterocycles. The summed E-state index contributed by atoms with van der Waals surface area (Å²) >= 11 is 3.03. The largest absolute Gasteiger partial charge is 0.494 e. The molecule has 0 fully saturated rings. The molecular weight excluding hydrogens is 645 g/mol. The number of carbonyl (C=O) groups excluding carboxylic acids is 1. The Morgan fingerprint density at radius 1 is 1.02 bits per heavy atom. The van der Waals surface area contributed by atoms with E-state index >= 15 is 0 Å². The van der Waals surface area contributed by atoms with Crippen molar-refractivity contribution >= 4 is 49.1 Å². The molecule has 1 aliphatic rings. The number of pyridine rings is 1. The summed E-state index contributed by atoms with van der Waals surface area (Å²) in [5.74, 6) is 0.556. The molecule has 1 amide bonds. The predicted molar refractivity (Wildman–Crippen MR) is 187 cm³/mol. The van der Waals surface area contributed by atoms with Gasteiger partial charge in [-0.3, -0.25) is 15.4 Å². The Kier molecular flexibility index (Phi) is 9.35. The highest BCUT2D eigenvalue weighted by atomic mass is 32.1. The van der Waals surface area contributed by atoms with Gasteiger partial charge in [-0.05, 0) is 78.4 Å². The summed E-state index contributed by atoms with van der Waals surface area (Å²) in [6.45, 7) is 1.79. The van der Waals surface area contributed by atoms with Gasteiger partial charge in [0.15, 0.2) is 10.3 Å². The summed E-state index contributed by atoms with van der Waals surface area (Å²) in [7, 11) is 0. The van der Waals surface area contributed by atoms with E-state index in [0.29, 0.717) is 41.7 Å². The van der Waals surface area contributed by atoms with Gasteiger partial charge in [-0.1, -0.05) is 47.7 Å². The number of aromatic nitrogens is 3. The number of anilines is 2. The van der Waals surface area contributed by atoms with Crippen LogP contribution in [0.1, 0.15) is 44.2 Å². The number of amides is 1. The zero-order chi connectivity index (χ0) is 32.9. The normalized spacial score (nSPS) is 12.5. The zero-order valence-electron chi connectivity index (χ0n) is 25.8. The van der Waals surface area contributed by atoms with Gasteiger partial charge in [0, 0.05) is 35.3 Å². The lowest BCUT2D eigenvalue weighted by atomic mass is 9.94. The molecule has 6 aromatic rings. The quantitative estimate of drug-likeness (QED) is 0.0814. The molecule has 0 saturated heterocycles. The number of carbonyl (C=O) groups is 1. The highest BCUT2D eigenvalue weighted by molar-refractivity contribution is 7.22. The summed E-state index contributed by atoms with van der Waals surface area (Å²) in [4.78, 5) is 34.7. The van der Waals surface area contributed by atoms with E-state index in [9.17, 15) is 15.3 Å². The highest BCUT2D eigenvalue weighted by Crippen LogP contribution is 2.34. The molecule has 0 saturated carbocycles. The number of benzene rings is 3. The van der Waals surface area contributed by atoms with E-state index in [4.69, 9.17) is 9.72 Å². The van der Waals surface area contributed by atoms with Crippen LogP contribution in [0.3, 0.4) is 0 Å². The summed E-state index contributed by atoms with van der Waals surface area (Å²) < 4.78 is 7.03. The number of fused-ring (bicyclic) bond motifs is 2. The third-order valence-corrected chi connectivity index (χ3v) is 10.3. The molecule has 7 rings (SSSR count). The Morgan fingerprint density at radius 3 is 2.73 bits per heavy atom. The summed E-state index contributed by atoms with van der Waals surface area (Å²) in [5, 5.41) is 23.0. The van der Waals surface area contributed by atoms with Crippen LogP contribution < -0.4 is 15.0 Å². The first kappa shape index (κ1) is 31.4. The molecule has 2 N–H and O–H groups in total. The van der Waals surface area contributed by atoms with E-state index < -0.39 is 0 Å². The second kappa shape index (κ2) is 14.3. The van der Waals surface area contributed by atoms with Crippen molar-refractivity contribution in [3.05, 3.63) is 118 Å². The van der Waals surface area contributed by atoms with E-state index in [1.54, 1.807) is 17.5 Å². The number of nitriles is 1. The van der Waals surface area contributed by atoms with Gasteiger partial charge in [0.05, 0.1) is 22.5 Å². The minimum atomic E-state index is -0.180. The fraction of sp³-hybridized carbons (Fsp3) is 0.194. The lowest BCUT2D eigenvalue weighted by Gasteiger charge is -2.29. The van der Waals surface area contributed by atoms with Crippen LogP contribution in [0.15, 0.2) is 85.1 Å². The van der Waals surface area contributed by atoms with Gasteiger partial charge in [-0.2, -0.15) is 5.26 Å². The van der Waals surface area contributed by atoms with E-state index in [-0.39, 0.29) is 12.5 Å². The van der Waals surface area contributed by atoms with Crippen LogP contribution in [0.5, 0.6) is 5.75 Å². The molecule has 0 atom stereocenters. The molecule has 10 nitrogen and oxygen atoms in total. The van der Waals surface area contributed by atoms with E-state index in [1.807, 2.05) is 72.8 Å². The third kappa shape index (κ3) is 6.76. The Balaban J connectivity index is 0.997. The van der Waals surface area contributed by atoms with Crippen molar-refractivity contribution in [2.75, 3.05) is 23.4 Å². The average Bonchev–Trinajstić information content (AvgIpc) is 3.73. The molecule has 1 aliphatic heterocycles. The van der Waals surface area contributed by atoms with Crippen LogP contribution >= 0.6 is 22.7 Å². The van der Waals surface area contributed by atoms with Crippen molar-refractivity contribution in [3.63, 3.8) is 0 Å². The minimum absolute atomic E-state index is 0.00652. The first-order chi connectivity index (χ1) is 23.6. The van der Waals surface area contributed by atoms with Gasteiger partial charge in [0.2, 0.25) is 0 Å². The lowest BCUT2D eigenvalue weighted by molar-refractivity contribution is -0.253. The Bertz CT molecular complexity index is 2090. The molecule has 0 bridgehead atoms. The number of hydrogen-bond donors (Lipinski definition) is 2. The minimum Gasteiger partial charge on any atom is -0.494 e. The highest BCUT2D eigenvalue weighted by Gasteiger charge is 2.25. The molecule has 0 unspecified atom stereocenters. The Hall–Kier alpha value is -5.19. The topological polar surface area (TPSA) is 133 Å². The molecule has 12 heteroatoms. The Labute approximate surface area is 284 Å². The number of para-hydroxylation sites is 1. The molecule has 0 spiro atoms. The monoisotopic (exact) mass is 674 g/mol. The van der Waals surface area contributed by atoms with E-state index in [2.05, 4.69) is 37.2 Å². The van der Waals surface area contributed by atoms with Crippen molar-refractivity contribution in [3.8, 4) is 22.9 Å². The van der Waals surface area contributed by atoms with Crippen molar-refractivity contribution in [2.24, 2.45) is 0 Å². The van der Waals surface area contributed by atoms with Gasteiger partial charge >= 0.3 is 0 Å². The maximum absolute atomic E-state index is 13.5. The zero-order valence-corrected chi connectivity index (χ0v) is 27.4. The van der Waals surface area contributed by atoms with Gasteiger partial charge in [0.1, 0.15) is 24.1 Å². The van der Waals surface area contributed by atoms with Crippen LogP contribution in [0, 0.1) is 11.3 Å². The lowest BCUT2D eigenvalue weighted by Crippen LogP contribution is -2.32. The number of hydrogen-bond acceptors (Lipinski definition) is 11. The third-order valence-electron chi connectivity index (χ3n) is 8.17. The van der Waals surface area contributed by atoms with Crippen LogP contribution in [-0.2, 0) is 30.9 Å². The molecular formula is C36H30N6O4S2. The van der Waals surface area contributed by atoms with Gasteiger partial charge in [0.25, 0.3) is 5.91 Å². The van der Waals surface area contributed by atoms with Crippen molar-refractivity contribution < 1.29 is 19.7 Å². The van der Waals surface area contributed by atoms with Gasteiger partial charge in [-0.25, -0.2) is 19.8 Å². The maximum atomic E-state index is 13.5. The number of aryl methyl sites for hydroxylation is 1. The number of nitrogens with zero attached hydrogens (tertiary/aromatic N) is 5. The summed E-state index contributed by atoms with van der Waals surface area (Å²) in [6.07, 6.45) is 3.83. The second-order valence-corrected chi connectivity index (χ2v) is 13.3. The number of nitrogens with one attached hydrogen (secondary N) is 1. The second-order valence-electron chi connectivity index (χ2n) is 11.2. The van der Waals surface area contributed by atoms with Crippen molar-refractivity contribution in [1.82, 2.24) is 15.0 Å². The average molecular weight is 675 g/mol. The van der Waals surface area contributed by atoms with Crippen LogP contribution in [-0.4, -0.2) is 39.3 Å². The Morgan fingerprint density at radius 2 is 1.90 bits per heavy atom. The smallest absolute Gasteiger partial charge is 0.257 e. The fourth-order valence-electron chi connectivity index (χ4n) is 5.80. The molecule has 3 aromatic heterocycles. The van der Waals surface area contributed by atoms with Crippen LogP contribution in [0.2, 0.25) is 0 Å². The predicted octanol–water partition coefficient (Wildman–Crippen LogP) is 7.50. The molecule has 0 aliphatic carbocycles. The summed E-state index contributed by atoms with van der Waals surface area (Å²) in [5.41, 5.74) is 6.38. The molecule has 0 radical (unpaired) electrons. The maximum Gasteiger partial charge on any atom is 0.257 e. The number of thiazole rings is 2. The van der Waals surface area contributed by atoms with Gasteiger partial charge in [-0.15, -0.1) is 11.3 Å². The standard InChI is InChI=1S/C36H30N6O4S2/c37-20-30-26(8-4-17-38-30)24-12-14-25(15-13-24)45-19-5-11-33-31(22-46-44)40-36(48-33)42-18-16-23-6-3-7-27(28(23)21-42)34(43)41-35-39-29-9-1-2-10-32(29)47-35/h1-4,6-10,12-15,17,44H,5,11,16,18-19,21-22H2,(H,39,41,43). The molecule has 48 heavy (non-hydrogen) atoms. The molecule has 3 aromatic carbocycles. The number of rotatable bonds is 11. The molecule has 240 valence electrons. The number of ether oxygens (including phenoxy) is 1. The first-order valence-electron chi connectivity index (χ1n) is 15.5. The fourth-order valence-corrected chi connectivity index (χ4v) is 7.79. The summed E-state index contributed by atoms with van der Waals surface area (Å²) in [6, 6.07) is 27.1. The van der Waals surface area contributed by atoms with E-state index in [1.165, 1.54) is 11.3 Å². The van der Waals surface area contributed by atoms with Gasteiger partial charge < -0.3 is 9.64 Å². The SMILES string of the molecule is N#Cc1ncccc1-c1ccc(OCCCc2sc(N3CCc4cccc(C(=O)Nc5nc6ccccc6s5)c4C3)nc2COO)cc1. The van der Waals surface area contributed by atoms with Crippen LogP contribution in [0.4, 0.5) is 10.3 Å².